The first-order chi connectivity index (χ1) is 17.7. The highest BCUT2D eigenvalue weighted by Crippen LogP contribution is 2.50. The number of halogens is 2. The molecule has 2 aliphatic carbocycles. The van der Waals surface area contributed by atoms with Crippen LogP contribution in [0.25, 0.3) is 9.69 Å². The molecule has 0 radical (unpaired) electrons. The summed E-state index contributed by atoms with van der Waals surface area (Å²) < 4.78 is 37.3. The van der Waals surface area contributed by atoms with Gasteiger partial charge in [-0.25, -0.2) is 21.9 Å². The van der Waals surface area contributed by atoms with Crippen LogP contribution in [-0.2, 0) is 9.16 Å². The van der Waals surface area contributed by atoms with Gasteiger partial charge in [-0.3, -0.25) is 0 Å². The molecule has 1 heterocycles. The summed E-state index contributed by atoms with van der Waals surface area (Å²) in [6, 6.07) is 0. The zero-order valence-corrected chi connectivity index (χ0v) is 26.0. The molecule has 0 aromatic rings. The molecule has 0 aromatic carbocycles. The summed E-state index contributed by atoms with van der Waals surface area (Å²) in [4.78, 5) is 7.29. The summed E-state index contributed by atoms with van der Waals surface area (Å²) >= 11 is 0. The van der Waals surface area contributed by atoms with Gasteiger partial charge in [-0.1, -0.05) is 48.5 Å². The normalized spacial score (nSPS) is 35.2. The van der Waals surface area contributed by atoms with E-state index in [0.717, 1.165) is 19.6 Å². The summed E-state index contributed by atoms with van der Waals surface area (Å²) in [5.41, 5.74) is -0.680. The second kappa shape index (κ2) is 14.2. The van der Waals surface area contributed by atoms with Crippen molar-refractivity contribution in [1.29, 1.82) is 0 Å². The number of nitrogens with zero attached hydrogens (tertiary/aromatic N) is 2. The second-order valence-electron chi connectivity index (χ2n) is 12.4. The van der Waals surface area contributed by atoms with E-state index in [1.165, 1.54) is 12.8 Å². The highest BCUT2D eigenvalue weighted by Gasteiger charge is 2.57. The Bertz CT molecular complexity index is 906. The third-order valence-electron chi connectivity index (χ3n) is 9.26. The van der Waals surface area contributed by atoms with Crippen LogP contribution in [0.2, 0.25) is 18.1 Å². The summed E-state index contributed by atoms with van der Waals surface area (Å²) in [5, 5.41) is 9.60. The molecule has 1 aliphatic heterocycles. The van der Waals surface area contributed by atoms with Gasteiger partial charge in [0, 0.05) is 37.9 Å². The van der Waals surface area contributed by atoms with Gasteiger partial charge in [0.05, 0.1) is 36.0 Å². The molecule has 3 fully saturated rings. The number of rotatable bonds is 4. The molecule has 216 valence electrons. The minimum Gasteiger partial charge on any atom is -0.410 e. The Hall–Kier alpha value is -1.58. The number of aliphatic hydroxyl groups excluding tert-OH is 1. The second-order valence-corrected chi connectivity index (χ2v) is 17.1. The minimum atomic E-state index is -1.96. The van der Waals surface area contributed by atoms with E-state index in [1.807, 2.05) is 27.7 Å². The molecule has 0 aromatic heterocycles. The van der Waals surface area contributed by atoms with Gasteiger partial charge in [0.25, 0.3) is 11.1 Å². The largest absolute Gasteiger partial charge is 0.410 e. The van der Waals surface area contributed by atoms with Gasteiger partial charge in [0.2, 0.25) is 0 Å². The van der Waals surface area contributed by atoms with Gasteiger partial charge in [0.15, 0.2) is 8.32 Å². The van der Waals surface area contributed by atoms with Crippen LogP contribution in [0.1, 0.15) is 87.0 Å². The van der Waals surface area contributed by atoms with Crippen molar-refractivity contribution in [3.8, 4) is 0 Å². The zero-order chi connectivity index (χ0) is 29.4. The molecule has 0 amide bonds. The van der Waals surface area contributed by atoms with Crippen LogP contribution >= 0.6 is 0 Å². The van der Waals surface area contributed by atoms with Gasteiger partial charge >= 0.3 is 0 Å². The van der Waals surface area contributed by atoms with Crippen molar-refractivity contribution in [3.63, 3.8) is 0 Å². The van der Waals surface area contributed by atoms with E-state index in [0.29, 0.717) is 37.5 Å². The molecule has 0 bridgehead atoms. The summed E-state index contributed by atoms with van der Waals surface area (Å²) in [6.07, 6.45) is 5.05. The maximum Gasteiger partial charge on any atom is 0.260 e. The Morgan fingerprint density at radius 2 is 1.42 bits per heavy atom. The minimum absolute atomic E-state index is 0.0343. The third kappa shape index (κ3) is 7.13. The van der Waals surface area contributed by atoms with Crippen molar-refractivity contribution in [2.75, 3.05) is 13.2 Å². The smallest absolute Gasteiger partial charge is 0.260 e. The third-order valence-corrected chi connectivity index (χ3v) is 13.7. The SMILES string of the molecule is C1CCOC1.[C-]#[N+][C@]1(CC)/C(=C\F)[C@H](O)C[C@@H]1C.[C-]#[N+][C@]1(CC)/C(=C\F)[C@H](O[Si](C)(C)C(C)(C)C)C[C@@H]1C. The molecule has 8 heteroatoms. The highest BCUT2D eigenvalue weighted by atomic mass is 28.4. The van der Waals surface area contributed by atoms with E-state index in [2.05, 4.69) is 43.6 Å². The van der Waals surface area contributed by atoms with Crippen molar-refractivity contribution in [2.45, 2.75) is 128 Å². The predicted molar refractivity (Wildman–Crippen MR) is 153 cm³/mol. The first kappa shape index (κ1) is 34.4. The maximum absolute atomic E-state index is 13.5. The Labute approximate surface area is 231 Å². The Balaban J connectivity index is 0.000000339. The summed E-state index contributed by atoms with van der Waals surface area (Å²) in [5.74, 6) is 0.175. The first-order valence-electron chi connectivity index (χ1n) is 14.0. The molecule has 0 spiro atoms. The molecule has 1 N–H and O–H groups in total. The van der Waals surface area contributed by atoms with Crippen LogP contribution in [-0.4, -0.2) is 49.9 Å². The predicted octanol–water partition coefficient (Wildman–Crippen LogP) is 8.44. The highest BCUT2D eigenvalue weighted by molar-refractivity contribution is 6.74. The van der Waals surface area contributed by atoms with Crippen molar-refractivity contribution in [1.82, 2.24) is 0 Å². The monoisotopic (exact) mass is 552 g/mol. The molecule has 0 unspecified atom stereocenters. The lowest BCUT2D eigenvalue weighted by Crippen LogP contribution is -2.44. The van der Waals surface area contributed by atoms with Crippen molar-refractivity contribution in [3.05, 3.63) is 46.6 Å². The number of ether oxygens (including phenoxy) is 1. The molecule has 3 rings (SSSR count). The molecule has 3 aliphatic rings. The topological polar surface area (TPSA) is 47.4 Å². The first-order valence-corrected chi connectivity index (χ1v) is 16.9. The van der Waals surface area contributed by atoms with Gasteiger partial charge in [-0.05, 0) is 43.8 Å². The number of hydrogen-bond acceptors (Lipinski definition) is 3. The lowest BCUT2D eigenvalue weighted by molar-refractivity contribution is 0.198. The van der Waals surface area contributed by atoms with Crippen LogP contribution in [0.5, 0.6) is 0 Å². The lowest BCUT2D eigenvalue weighted by Gasteiger charge is -2.38. The van der Waals surface area contributed by atoms with E-state index >= 15 is 0 Å². The summed E-state index contributed by atoms with van der Waals surface area (Å²) in [6.45, 7) is 35.3. The molecule has 2 saturated carbocycles. The lowest BCUT2D eigenvalue weighted by atomic mass is 9.84. The van der Waals surface area contributed by atoms with E-state index in [1.54, 1.807) is 0 Å². The van der Waals surface area contributed by atoms with Crippen molar-refractivity contribution < 1.29 is 23.1 Å². The van der Waals surface area contributed by atoms with Crippen LogP contribution in [0.4, 0.5) is 8.78 Å². The fraction of sp³-hybridized carbons (Fsp3) is 0.800. The van der Waals surface area contributed by atoms with E-state index in [-0.39, 0.29) is 28.6 Å². The van der Waals surface area contributed by atoms with E-state index in [4.69, 9.17) is 22.3 Å². The number of hydrogen-bond donors (Lipinski definition) is 1. The van der Waals surface area contributed by atoms with Gasteiger partial charge in [-0.2, -0.15) is 0 Å². The molecule has 5 nitrogen and oxygen atoms in total. The van der Waals surface area contributed by atoms with Gasteiger partial charge in [-0.15, -0.1) is 0 Å². The Kier molecular flexibility index (Phi) is 12.8. The van der Waals surface area contributed by atoms with Crippen LogP contribution < -0.4 is 0 Å². The molecule has 6 atom stereocenters. The summed E-state index contributed by atoms with van der Waals surface area (Å²) in [7, 11) is -1.96. The molecular weight excluding hydrogens is 502 g/mol. The zero-order valence-electron chi connectivity index (χ0n) is 25.0. The maximum atomic E-state index is 13.5. The Morgan fingerprint density at radius 3 is 1.74 bits per heavy atom. The van der Waals surface area contributed by atoms with E-state index in [9.17, 15) is 13.9 Å². The Morgan fingerprint density at radius 1 is 0.974 bits per heavy atom. The number of aliphatic hydroxyl groups is 1. The van der Waals surface area contributed by atoms with Crippen molar-refractivity contribution >= 4 is 8.32 Å². The van der Waals surface area contributed by atoms with Gasteiger partial charge < -0.3 is 24.0 Å². The average molecular weight is 553 g/mol. The van der Waals surface area contributed by atoms with Crippen LogP contribution in [0.3, 0.4) is 0 Å². The fourth-order valence-corrected chi connectivity index (χ4v) is 6.82. The standard InChI is InChI=1S/C16H28FNOSi.C10H14FNO.C4H8O/c1-9-16(18-6)12(2)10-14(13(16)11-17)19-20(7,8)15(3,4)5;1-4-10(12-3)7(2)5-9(13)8(10)6-11;1-2-4-5-3-1/h11-12,14H,9-10H2,1-5,7-8H3;6-7,9,13H,4-5H2,1-2H3;1-4H2/b13-11-;8-6-;/t12-,14+,16-;7-,9+,10-;/m00./s1. The van der Waals surface area contributed by atoms with Crippen LogP contribution in [0.15, 0.2) is 23.8 Å². The van der Waals surface area contributed by atoms with E-state index < -0.39 is 25.5 Å². The van der Waals surface area contributed by atoms with Crippen LogP contribution in [0, 0.1) is 25.0 Å². The molecule has 38 heavy (non-hydrogen) atoms. The average Bonchev–Trinajstić information content (AvgIpc) is 3.57. The molecular formula is C30H50F2N2O3Si. The fourth-order valence-electron chi connectivity index (χ4n) is 5.54. The van der Waals surface area contributed by atoms with Crippen molar-refractivity contribution in [2.24, 2.45) is 11.8 Å². The van der Waals surface area contributed by atoms with Gasteiger partial charge in [0.1, 0.15) is 0 Å². The quantitative estimate of drug-likeness (QED) is 0.281. The molecule has 1 saturated heterocycles.